The van der Waals surface area contributed by atoms with Crippen LogP contribution in [-0.4, -0.2) is 50.0 Å². The lowest BCUT2D eigenvalue weighted by atomic mass is 10.1. The fourth-order valence-electron chi connectivity index (χ4n) is 3.48. The molecule has 0 saturated carbocycles. The van der Waals surface area contributed by atoms with E-state index in [0.29, 0.717) is 24.3 Å². The van der Waals surface area contributed by atoms with E-state index in [1.165, 1.54) is 0 Å². The van der Waals surface area contributed by atoms with Crippen LogP contribution in [0.2, 0.25) is 0 Å². The zero-order valence-electron chi connectivity index (χ0n) is 12.9. The summed E-state index contributed by atoms with van der Waals surface area (Å²) < 4.78 is 26.5. The van der Waals surface area contributed by atoms with Crippen LogP contribution in [0, 0.1) is 0 Å². The Labute approximate surface area is 140 Å². The average molecular weight is 350 g/mol. The first kappa shape index (κ1) is 15.4. The lowest BCUT2D eigenvalue weighted by molar-refractivity contribution is 0.0947. The Hall–Kier alpha value is -2.13. The number of rotatable bonds is 3. The first-order chi connectivity index (χ1) is 11.6. The van der Waals surface area contributed by atoms with Crippen molar-refractivity contribution < 1.29 is 17.4 Å². The van der Waals surface area contributed by atoms with Crippen LogP contribution in [0.5, 0.6) is 0 Å². The summed E-state index contributed by atoms with van der Waals surface area (Å²) in [6.07, 6.45) is 2.00. The van der Waals surface area contributed by atoms with Gasteiger partial charge in [0.15, 0.2) is 0 Å². The smallest absolute Gasteiger partial charge is 0.257 e. The number of nitrogens with zero attached hydrogens (tertiary/aromatic N) is 2. The largest absolute Gasteiger partial charge is 0.354 e. The van der Waals surface area contributed by atoms with Gasteiger partial charge in [0.1, 0.15) is 11.5 Å². The van der Waals surface area contributed by atoms with Crippen molar-refractivity contribution in [3.63, 3.8) is 0 Å². The standard InChI is InChI=1S/C15H18N4O4S/c20-15-13-10-3-4-12(18-14(10)17-11(13)5-6-16-15)19-7-1-2-9(8-19)23-24(21)22/h3-4,9,24H,1-2,5-8H2,(H,16,20)(H,17,18)/t9-/m0/s1. The molecule has 0 aliphatic carbocycles. The molecule has 8 nitrogen and oxygen atoms in total. The number of hydrogen-bond acceptors (Lipinski definition) is 6. The van der Waals surface area contributed by atoms with E-state index in [0.717, 1.165) is 42.7 Å². The molecule has 0 spiro atoms. The van der Waals surface area contributed by atoms with Crippen LogP contribution < -0.4 is 10.2 Å². The van der Waals surface area contributed by atoms with E-state index in [-0.39, 0.29) is 12.0 Å². The van der Waals surface area contributed by atoms with Crippen molar-refractivity contribution in [1.29, 1.82) is 0 Å². The highest BCUT2D eigenvalue weighted by atomic mass is 32.2. The maximum atomic E-state index is 12.0. The van der Waals surface area contributed by atoms with E-state index in [1.54, 1.807) is 0 Å². The highest BCUT2D eigenvalue weighted by molar-refractivity contribution is 7.67. The molecule has 1 amide bonds. The van der Waals surface area contributed by atoms with Crippen LogP contribution in [0.3, 0.4) is 0 Å². The van der Waals surface area contributed by atoms with Crippen LogP contribution >= 0.6 is 0 Å². The molecule has 0 aromatic carbocycles. The van der Waals surface area contributed by atoms with Gasteiger partial charge in [-0.15, -0.1) is 0 Å². The van der Waals surface area contributed by atoms with E-state index >= 15 is 0 Å². The van der Waals surface area contributed by atoms with Gasteiger partial charge in [-0.05, 0) is 25.0 Å². The van der Waals surface area contributed by atoms with Gasteiger partial charge in [0.05, 0.1) is 11.7 Å². The van der Waals surface area contributed by atoms with Gasteiger partial charge in [-0.25, -0.2) is 13.4 Å². The predicted molar refractivity (Wildman–Crippen MR) is 88.8 cm³/mol. The molecule has 1 saturated heterocycles. The number of carbonyl (C=O) groups excluding carboxylic acids is 1. The molecule has 1 atom stereocenters. The molecule has 0 radical (unpaired) electrons. The Balaban J connectivity index is 1.64. The molecule has 9 heteroatoms. The summed E-state index contributed by atoms with van der Waals surface area (Å²) in [5, 5.41) is 3.67. The SMILES string of the molecule is O=C1NCCc2[nH]c3nc(N4CCC[C@H](O[SH](=O)=O)C4)ccc3c21. The second-order valence-electron chi connectivity index (χ2n) is 6.09. The number of aromatic nitrogens is 2. The molecule has 2 aromatic rings. The van der Waals surface area contributed by atoms with Gasteiger partial charge in [0.25, 0.3) is 16.9 Å². The number of H-pyrrole nitrogens is 1. The summed E-state index contributed by atoms with van der Waals surface area (Å²) >= 11 is 0. The van der Waals surface area contributed by atoms with Gasteiger partial charge >= 0.3 is 0 Å². The minimum absolute atomic E-state index is 0.0669. The molecule has 2 N–H and O–H groups in total. The third-order valence-electron chi connectivity index (χ3n) is 4.55. The van der Waals surface area contributed by atoms with Crippen molar-refractivity contribution in [2.75, 3.05) is 24.5 Å². The van der Waals surface area contributed by atoms with Crippen molar-refractivity contribution in [1.82, 2.24) is 15.3 Å². The molecule has 2 aliphatic heterocycles. The lowest BCUT2D eigenvalue weighted by Crippen LogP contribution is -2.40. The van der Waals surface area contributed by atoms with Crippen LogP contribution in [-0.2, 0) is 21.6 Å². The molecule has 128 valence electrons. The molecule has 0 bridgehead atoms. The third kappa shape index (κ3) is 2.73. The van der Waals surface area contributed by atoms with E-state index in [1.807, 2.05) is 17.0 Å². The minimum Gasteiger partial charge on any atom is -0.354 e. The fraction of sp³-hybridized carbons (Fsp3) is 0.467. The van der Waals surface area contributed by atoms with Crippen molar-refractivity contribution in [3.05, 3.63) is 23.4 Å². The number of hydrogen-bond donors (Lipinski definition) is 3. The van der Waals surface area contributed by atoms with Crippen LogP contribution in [0.25, 0.3) is 11.0 Å². The topological polar surface area (TPSA) is 104 Å². The number of pyridine rings is 1. The van der Waals surface area contributed by atoms with Crippen molar-refractivity contribution in [3.8, 4) is 0 Å². The molecule has 1 fully saturated rings. The van der Waals surface area contributed by atoms with Crippen LogP contribution in [0.15, 0.2) is 12.1 Å². The molecule has 0 unspecified atom stereocenters. The number of anilines is 1. The third-order valence-corrected chi connectivity index (χ3v) is 5.02. The Morgan fingerprint density at radius 2 is 2.21 bits per heavy atom. The van der Waals surface area contributed by atoms with Gasteiger partial charge in [0.2, 0.25) is 0 Å². The van der Waals surface area contributed by atoms with E-state index in [9.17, 15) is 13.2 Å². The first-order valence-corrected chi connectivity index (χ1v) is 9.07. The Morgan fingerprint density at radius 3 is 3.04 bits per heavy atom. The molecule has 4 heterocycles. The molecule has 2 aromatic heterocycles. The number of thiol groups is 1. The molecular formula is C15H18N4O4S. The van der Waals surface area contributed by atoms with Crippen molar-refractivity contribution in [2.24, 2.45) is 0 Å². The zero-order chi connectivity index (χ0) is 16.7. The summed E-state index contributed by atoms with van der Waals surface area (Å²) in [6.45, 7) is 1.92. The van der Waals surface area contributed by atoms with Gasteiger partial charge in [0, 0.05) is 37.1 Å². The summed E-state index contributed by atoms with van der Waals surface area (Å²) in [7, 11) is -2.84. The van der Waals surface area contributed by atoms with Crippen molar-refractivity contribution >= 4 is 33.7 Å². The average Bonchev–Trinajstić information content (AvgIpc) is 2.93. The maximum absolute atomic E-state index is 12.0. The highest BCUT2D eigenvalue weighted by Crippen LogP contribution is 2.27. The first-order valence-electron chi connectivity index (χ1n) is 7.98. The summed E-state index contributed by atoms with van der Waals surface area (Å²) in [5.41, 5.74) is 2.28. The monoisotopic (exact) mass is 350 g/mol. The number of nitrogens with one attached hydrogen (secondary N) is 2. The fourth-order valence-corrected chi connectivity index (χ4v) is 3.90. The van der Waals surface area contributed by atoms with Gasteiger partial charge in [-0.1, -0.05) is 0 Å². The maximum Gasteiger partial charge on any atom is 0.257 e. The number of amides is 1. The predicted octanol–water partition coefficient (Wildman–Crippen LogP) is 0.361. The van der Waals surface area contributed by atoms with E-state index < -0.39 is 11.0 Å². The number of aromatic amines is 1. The molecule has 4 rings (SSSR count). The minimum atomic E-state index is -2.84. The Kier molecular flexibility index (Phi) is 3.89. The van der Waals surface area contributed by atoms with E-state index in [4.69, 9.17) is 4.18 Å². The van der Waals surface area contributed by atoms with Gasteiger partial charge < -0.3 is 15.2 Å². The Bertz CT molecular complexity index is 868. The molecular weight excluding hydrogens is 332 g/mol. The van der Waals surface area contributed by atoms with Gasteiger partial charge in [-0.2, -0.15) is 0 Å². The molecule has 24 heavy (non-hydrogen) atoms. The second kappa shape index (κ2) is 6.06. The molecule has 2 aliphatic rings. The summed E-state index contributed by atoms with van der Waals surface area (Å²) in [5.74, 6) is 0.693. The van der Waals surface area contributed by atoms with E-state index in [2.05, 4.69) is 15.3 Å². The van der Waals surface area contributed by atoms with Crippen molar-refractivity contribution in [2.45, 2.75) is 25.4 Å². The van der Waals surface area contributed by atoms with Crippen LogP contribution in [0.4, 0.5) is 5.82 Å². The quantitative estimate of drug-likeness (QED) is 0.691. The summed E-state index contributed by atoms with van der Waals surface area (Å²) in [4.78, 5) is 21.9. The summed E-state index contributed by atoms with van der Waals surface area (Å²) in [6, 6.07) is 3.77. The number of piperidine rings is 1. The Morgan fingerprint density at radius 1 is 1.33 bits per heavy atom. The highest BCUT2D eigenvalue weighted by Gasteiger charge is 2.25. The van der Waals surface area contributed by atoms with Crippen LogP contribution in [0.1, 0.15) is 28.9 Å². The second-order valence-corrected chi connectivity index (χ2v) is 6.75. The number of fused-ring (bicyclic) bond motifs is 3. The normalized spacial score (nSPS) is 21.1. The lowest BCUT2D eigenvalue weighted by Gasteiger charge is -2.32. The number of carbonyl (C=O) groups is 1. The van der Waals surface area contributed by atoms with Gasteiger partial charge in [-0.3, -0.25) is 8.98 Å². The zero-order valence-corrected chi connectivity index (χ0v) is 13.8.